The quantitative estimate of drug-likeness (QED) is 0.682. The molecule has 1 aromatic heterocycles. The molecule has 1 aliphatic heterocycles. The van der Waals surface area contributed by atoms with Crippen LogP contribution in [0.25, 0.3) is 6.08 Å². The van der Waals surface area contributed by atoms with Gasteiger partial charge < -0.3 is 9.47 Å². The van der Waals surface area contributed by atoms with Crippen LogP contribution in [0.15, 0.2) is 48.5 Å². The summed E-state index contributed by atoms with van der Waals surface area (Å²) in [6.45, 7) is 2.28. The monoisotopic (exact) mass is 379 g/mol. The molecule has 1 amide bonds. The van der Waals surface area contributed by atoms with Crippen LogP contribution in [0.1, 0.15) is 21.7 Å². The van der Waals surface area contributed by atoms with Crippen molar-refractivity contribution in [1.29, 1.82) is 0 Å². The topological polar surface area (TPSA) is 73.3 Å². The molecule has 0 saturated carbocycles. The Labute approximate surface area is 160 Å². The molecule has 3 aromatic rings. The lowest BCUT2D eigenvalue weighted by Crippen LogP contribution is -2.07. The second kappa shape index (κ2) is 7.59. The second-order valence-electron chi connectivity index (χ2n) is 6.10. The Morgan fingerprint density at radius 2 is 1.96 bits per heavy atom. The van der Waals surface area contributed by atoms with E-state index in [1.165, 1.54) is 23.0 Å². The first kappa shape index (κ1) is 17.2. The van der Waals surface area contributed by atoms with Gasteiger partial charge in [-0.15, -0.1) is 10.2 Å². The molecule has 0 fully saturated rings. The average molecular weight is 379 g/mol. The Balaban J connectivity index is 1.35. The molecule has 2 heterocycles. The molecule has 136 valence electrons. The highest BCUT2D eigenvalue weighted by molar-refractivity contribution is 7.15. The number of benzene rings is 2. The van der Waals surface area contributed by atoms with Crippen molar-refractivity contribution in [2.45, 2.75) is 13.3 Å². The van der Waals surface area contributed by atoms with Crippen molar-refractivity contribution in [3.05, 3.63) is 70.2 Å². The zero-order valence-corrected chi connectivity index (χ0v) is 15.5. The summed E-state index contributed by atoms with van der Waals surface area (Å²) < 4.78 is 10.6. The highest BCUT2D eigenvalue weighted by Gasteiger charge is 2.12. The number of carbonyl (C=O) groups is 1. The number of hydrogen-bond acceptors (Lipinski definition) is 6. The normalized spacial score (nSPS) is 12.5. The van der Waals surface area contributed by atoms with Gasteiger partial charge in [0.15, 0.2) is 11.5 Å². The number of ether oxygens (including phenoxy) is 2. The molecule has 0 unspecified atom stereocenters. The number of anilines is 1. The summed E-state index contributed by atoms with van der Waals surface area (Å²) in [7, 11) is 0. The molecule has 27 heavy (non-hydrogen) atoms. The highest BCUT2D eigenvalue weighted by atomic mass is 32.1. The summed E-state index contributed by atoms with van der Waals surface area (Å²) in [5.41, 5.74) is 3.24. The van der Waals surface area contributed by atoms with E-state index in [1.807, 2.05) is 18.2 Å². The van der Waals surface area contributed by atoms with Crippen molar-refractivity contribution in [2.75, 3.05) is 12.1 Å². The molecule has 2 aromatic carbocycles. The smallest absolute Gasteiger partial charge is 0.250 e. The van der Waals surface area contributed by atoms with Crippen LogP contribution in [0.5, 0.6) is 11.5 Å². The number of carbonyl (C=O) groups excluding carboxylic acids is 1. The fourth-order valence-corrected chi connectivity index (χ4v) is 3.37. The largest absolute Gasteiger partial charge is 0.454 e. The van der Waals surface area contributed by atoms with Crippen LogP contribution in [-0.4, -0.2) is 22.9 Å². The van der Waals surface area contributed by atoms with Crippen LogP contribution in [0.2, 0.25) is 0 Å². The van der Waals surface area contributed by atoms with Crippen LogP contribution >= 0.6 is 11.3 Å². The Hall–Kier alpha value is -3.19. The van der Waals surface area contributed by atoms with Gasteiger partial charge in [0.2, 0.25) is 17.8 Å². The number of aromatic nitrogens is 2. The summed E-state index contributed by atoms with van der Waals surface area (Å²) in [6, 6.07) is 13.8. The van der Waals surface area contributed by atoms with Crippen molar-refractivity contribution >= 4 is 28.5 Å². The standard InChI is InChI=1S/C20H17N3O3S/c1-13-2-4-15(5-3-13)11-19-22-23-20(27-19)21-18(24)9-7-14-6-8-16-17(10-14)26-12-25-16/h2-10H,11-12H2,1H3,(H,21,23,24). The summed E-state index contributed by atoms with van der Waals surface area (Å²) in [4.78, 5) is 12.1. The number of nitrogens with one attached hydrogen (secondary N) is 1. The summed E-state index contributed by atoms with van der Waals surface area (Å²) in [6.07, 6.45) is 3.87. The van der Waals surface area contributed by atoms with E-state index in [2.05, 4.69) is 46.7 Å². The van der Waals surface area contributed by atoms with Crippen LogP contribution in [0.3, 0.4) is 0 Å². The van der Waals surface area contributed by atoms with Gasteiger partial charge in [0.05, 0.1) is 0 Å². The number of hydrogen-bond donors (Lipinski definition) is 1. The van der Waals surface area contributed by atoms with Gasteiger partial charge in [0, 0.05) is 12.5 Å². The van der Waals surface area contributed by atoms with Gasteiger partial charge in [-0.05, 0) is 36.3 Å². The van der Waals surface area contributed by atoms with Crippen LogP contribution in [-0.2, 0) is 11.2 Å². The molecule has 0 saturated heterocycles. The number of amides is 1. The van der Waals surface area contributed by atoms with E-state index in [0.717, 1.165) is 16.1 Å². The maximum Gasteiger partial charge on any atom is 0.250 e. The Morgan fingerprint density at radius 1 is 1.15 bits per heavy atom. The maximum absolute atomic E-state index is 12.1. The van der Waals surface area contributed by atoms with Gasteiger partial charge in [-0.2, -0.15) is 0 Å². The third-order valence-electron chi connectivity index (χ3n) is 4.00. The fourth-order valence-electron chi connectivity index (χ4n) is 2.59. The molecule has 0 aliphatic carbocycles. The van der Waals surface area contributed by atoms with Gasteiger partial charge in [-0.25, -0.2) is 0 Å². The van der Waals surface area contributed by atoms with E-state index in [0.29, 0.717) is 23.1 Å². The Morgan fingerprint density at radius 3 is 2.81 bits per heavy atom. The van der Waals surface area contributed by atoms with E-state index in [-0.39, 0.29) is 12.7 Å². The summed E-state index contributed by atoms with van der Waals surface area (Å²) in [5.74, 6) is 1.14. The molecule has 7 heteroatoms. The predicted octanol–water partition coefficient (Wildman–Crippen LogP) is 3.82. The zero-order valence-electron chi connectivity index (χ0n) is 14.6. The second-order valence-corrected chi connectivity index (χ2v) is 7.16. The Kier molecular flexibility index (Phi) is 4.84. The highest BCUT2D eigenvalue weighted by Crippen LogP contribution is 2.32. The number of fused-ring (bicyclic) bond motifs is 1. The van der Waals surface area contributed by atoms with Crippen molar-refractivity contribution in [1.82, 2.24) is 10.2 Å². The van der Waals surface area contributed by atoms with E-state index < -0.39 is 0 Å². The first-order chi connectivity index (χ1) is 13.2. The number of nitrogens with zero attached hydrogens (tertiary/aromatic N) is 2. The Bertz CT molecular complexity index is 996. The van der Waals surface area contributed by atoms with Gasteiger partial charge in [0.25, 0.3) is 0 Å². The van der Waals surface area contributed by atoms with Crippen molar-refractivity contribution in [3.63, 3.8) is 0 Å². The lowest BCUT2D eigenvalue weighted by molar-refractivity contribution is -0.111. The molecule has 0 atom stereocenters. The lowest BCUT2D eigenvalue weighted by Gasteiger charge is -1.98. The van der Waals surface area contributed by atoms with Crippen LogP contribution in [0.4, 0.5) is 5.13 Å². The zero-order chi connectivity index (χ0) is 18.6. The molecule has 1 aliphatic rings. The van der Waals surface area contributed by atoms with Crippen molar-refractivity contribution in [2.24, 2.45) is 0 Å². The van der Waals surface area contributed by atoms with Gasteiger partial charge >= 0.3 is 0 Å². The summed E-state index contributed by atoms with van der Waals surface area (Å²) >= 11 is 1.37. The van der Waals surface area contributed by atoms with Crippen molar-refractivity contribution < 1.29 is 14.3 Å². The molecule has 0 radical (unpaired) electrons. The van der Waals surface area contributed by atoms with E-state index in [1.54, 1.807) is 6.08 Å². The molecule has 0 spiro atoms. The van der Waals surface area contributed by atoms with E-state index in [4.69, 9.17) is 9.47 Å². The van der Waals surface area contributed by atoms with Crippen LogP contribution in [0, 0.1) is 6.92 Å². The molecule has 4 rings (SSSR count). The first-order valence-corrected chi connectivity index (χ1v) is 9.24. The van der Waals surface area contributed by atoms with E-state index >= 15 is 0 Å². The SMILES string of the molecule is Cc1ccc(Cc2nnc(NC(=O)C=Cc3ccc4c(c3)OCO4)s2)cc1. The van der Waals surface area contributed by atoms with Gasteiger partial charge in [0.1, 0.15) is 5.01 Å². The molecule has 1 N–H and O–H groups in total. The maximum atomic E-state index is 12.1. The third kappa shape index (κ3) is 4.32. The van der Waals surface area contributed by atoms with Crippen molar-refractivity contribution in [3.8, 4) is 11.5 Å². The minimum Gasteiger partial charge on any atom is -0.454 e. The first-order valence-electron chi connectivity index (χ1n) is 8.42. The predicted molar refractivity (Wildman–Crippen MR) is 104 cm³/mol. The molecule has 0 bridgehead atoms. The third-order valence-corrected chi connectivity index (χ3v) is 4.84. The van der Waals surface area contributed by atoms with Gasteiger partial charge in [-0.1, -0.05) is 47.2 Å². The van der Waals surface area contributed by atoms with E-state index in [9.17, 15) is 4.79 Å². The molecule has 6 nitrogen and oxygen atoms in total. The van der Waals surface area contributed by atoms with Crippen LogP contribution < -0.4 is 14.8 Å². The number of rotatable bonds is 5. The average Bonchev–Trinajstić information content (AvgIpc) is 3.30. The fraction of sp³-hybridized carbons (Fsp3) is 0.150. The lowest BCUT2D eigenvalue weighted by atomic mass is 10.1. The molecular formula is C20H17N3O3S. The minimum atomic E-state index is -0.259. The molecular weight excluding hydrogens is 362 g/mol. The van der Waals surface area contributed by atoms with Gasteiger partial charge in [-0.3, -0.25) is 10.1 Å². The summed E-state index contributed by atoms with van der Waals surface area (Å²) in [5, 5.41) is 12.3. The minimum absolute atomic E-state index is 0.227. The number of aryl methyl sites for hydroxylation is 1.